The van der Waals surface area contributed by atoms with E-state index in [0.29, 0.717) is 35.6 Å². The van der Waals surface area contributed by atoms with E-state index in [1.807, 2.05) is 12.1 Å². The number of hydrazone groups is 2. The van der Waals surface area contributed by atoms with Crippen LogP contribution in [-0.2, 0) is 19.2 Å². The van der Waals surface area contributed by atoms with Crippen molar-refractivity contribution < 1.29 is 19.2 Å². The lowest BCUT2D eigenvalue weighted by Crippen LogP contribution is -2.33. The average Bonchev–Trinajstić information content (AvgIpc) is 3.31. The molecule has 34 heavy (non-hydrogen) atoms. The van der Waals surface area contributed by atoms with Crippen molar-refractivity contribution in [3.8, 4) is 0 Å². The first-order valence-corrected chi connectivity index (χ1v) is 11.3. The summed E-state index contributed by atoms with van der Waals surface area (Å²) >= 11 is 0. The molecule has 0 radical (unpaired) electrons. The largest absolute Gasteiger partial charge is 0.298 e. The van der Waals surface area contributed by atoms with E-state index in [0.717, 1.165) is 0 Å². The van der Waals surface area contributed by atoms with E-state index in [1.165, 1.54) is 10.0 Å². The number of benzene rings is 2. The molecule has 8 nitrogen and oxygen atoms in total. The number of hydrogen-bond donors (Lipinski definition) is 0. The number of ketones is 2. The third-order valence-electron chi connectivity index (χ3n) is 6.00. The summed E-state index contributed by atoms with van der Waals surface area (Å²) in [7, 11) is 0. The van der Waals surface area contributed by atoms with Gasteiger partial charge >= 0.3 is 0 Å². The molecular weight excluding hydrogens is 432 g/mol. The van der Waals surface area contributed by atoms with Gasteiger partial charge in [-0.25, -0.2) is 0 Å². The maximum Gasteiger partial charge on any atom is 0.263 e. The van der Waals surface area contributed by atoms with Crippen LogP contribution in [0.25, 0.3) is 0 Å². The van der Waals surface area contributed by atoms with E-state index in [2.05, 4.69) is 10.2 Å². The Morgan fingerprint density at radius 1 is 0.676 bits per heavy atom. The highest BCUT2D eigenvalue weighted by Gasteiger charge is 2.40. The fourth-order valence-corrected chi connectivity index (χ4v) is 4.27. The molecule has 0 saturated carbocycles. The Labute approximate surface area is 197 Å². The number of anilines is 2. The van der Waals surface area contributed by atoms with Crippen molar-refractivity contribution in [3.05, 3.63) is 60.7 Å². The van der Waals surface area contributed by atoms with Gasteiger partial charge in [0.05, 0.1) is 22.8 Å². The Kier molecular flexibility index (Phi) is 6.77. The molecule has 2 aliphatic rings. The number of rotatable bonds is 9. The lowest BCUT2D eigenvalue weighted by molar-refractivity contribution is -0.131. The van der Waals surface area contributed by atoms with Crippen LogP contribution in [0.3, 0.4) is 0 Å². The van der Waals surface area contributed by atoms with Crippen LogP contribution >= 0.6 is 0 Å². The molecule has 0 unspecified atom stereocenters. The van der Waals surface area contributed by atoms with Crippen LogP contribution in [0.15, 0.2) is 70.9 Å². The minimum absolute atomic E-state index is 0.168. The highest BCUT2D eigenvalue weighted by atomic mass is 16.2. The summed E-state index contributed by atoms with van der Waals surface area (Å²) in [5.41, 5.74) is 2.18. The van der Waals surface area contributed by atoms with Gasteiger partial charge in [0.15, 0.2) is 11.6 Å². The zero-order valence-corrected chi connectivity index (χ0v) is 19.2. The smallest absolute Gasteiger partial charge is 0.263 e. The number of Topliss-reactive ketones (excluding diaryl/α,β-unsaturated/α-hetero) is 2. The van der Waals surface area contributed by atoms with Gasteiger partial charge in [-0.1, -0.05) is 36.4 Å². The molecule has 8 heteroatoms. The highest BCUT2D eigenvalue weighted by Crippen LogP contribution is 2.27. The standard InChI is InChI=1S/C26H26N4O4/c1-17-23(25(33)29(27-17)19-11-5-3-6-12-19)21(31)15-9-10-16-22(32)24-18(2)28-30(26(24)34)20-13-7-4-8-14-20/h3-8,11-14,23-24H,9-10,15-16H2,1-2H3/t23-,24-/m1/s1. The van der Waals surface area contributed by atoms with Crippen LogP contribution in [0.1, 0.15) is 39.5 Å². The Morgan fingerprint density at radius 2 is 1.03 bits per heavy atom. The van der Waals surface area contributed by atoms with Gasteiger partial charge in [0.1, 0.15) is 11.8 Å². The third kappa shape index (κ3) is 4.57. The molecule has 2 heterocycles. The molecule has 0 aromatic heterocycles. The number of carbonyl (C=O) groups excluding carboxylic acids is 4. The van der Waals surface area contributed by atoms with Crippen molar-refractivity contribution in [2.75, 3.05) is 10.0 Å². The monoisotopic (exact) mass is 458 g/mol. The molecule has 4 rings (SSSR count). The molecule has 2 aromatic carbocycles. The molecule has 0 spiro atoms. The van der Waals surface area contributed by atoms with Gasteiger partial charge in [-0.3, -0.25) is 19.2 Å². The molecule has 0 N–H and O–H groups in total. The van der Waals surface area contributed by atoms with Crippen LogP contribution in [0.2, 0.25) is 0 Å². The van der Waals surface area contributed by atoms with Gasteiger partial charge in [-0.15, -0.1) is 0 Å². The normalized spacial score (nSPS) is 19.9. The quantitative estimate of drug-likeness (QED) is 0.422. The van der Waals surface area contributed by atoms with Crippen molar-refractivity contribution >= 4 is 46.2 Å². The fraction of sp³-hybridized carbons (Fsp3) is 0.308. The zero-order chi connectivity index (χ0) is 24.2. The van der Waals surface area contributed by atoms with Crippen LogP contribution in [0.5, 0.6) is 0 Å². The Morgan fingerprint density at radius 3 is 1.38 bits per heavy atom. The van der Waals surface area contributed by atoms with E-state index < -0.39 is 11.8 Å². The number of hydrogen-bond acceptors (Lipinski definition) is 6. The summed E-state index contributed by atoms with van der Waals surface area (Å²) in [6.07, 6.45) is 1.24. The third-order valence-corrected chi connectivity index (χ3v) is 6.00. The van der Waals surface area contributed by atoms with Gasteiger partial charge in [0.25, 0.3) is 11.8 Å². The van der Waals surface area contributed by atoms with Gasteiger partial charge in [0.2, 0.25) is 0 Å². The van der Waals surface area contributed by atoms with E-state index >= 15 is 0 Å². The highest BCUT2D eigenvalue weighted by molar-refractivity contribution is 6.27. The van der Waals surface area contributed by atoms with Gasteiger partial charge in [0, 0.05) is 12.8 Å². The summed E-state index contributed by atoms with van der Waals surface area (Å²) in [6.45, 7) is 3.36. The number of amides is 2. The van der Waals surface area contributed by atoms with Gasteiger partial charge in [-0.05, 0) is 51.0 Å². The lowest BCUT2D eigenvalue weighted by Gasteiger charge is -2.14. The Hall–Kier alpha value is -3.94. The topological polar surface area (TPSA) is 99.5 Å². The second kappa shape index (κ2) is 9.91. The fourth-order valence-electron chi connectivity index (χ4n) is 4.27. The minimum Gasteiger partial charge on any atom is -0.298 e. The number of carbonyl (C=O) groups is 4. The molecule has 0 aliphatic carbocycles. The predicted octanol–water partition coefficient (Wildman–Crippen LogP) is 3.76. The van der Waals surface area contributed by atoms with Crippen LogP contribution < -0.4 is 10.0 Å². The number of para-hydroxylation sites is 2. The van der Waals surface area contributed by atoms with Crippen molar-refractivity contribution in [2.24, 2.45) is 22.0 Å². The van der Waals surface area contributed by atoms with E-state index in [9.17, 15) is 19.2 Å². The molecule has 0 bridgehead atoms. The molecule has 0 saturated heterocycles. The van der Waals surface area contributed by atoms with Crippen LogP contribution in [0, 0.1) is 11.8 Å². The van der Waals surface area contributed by atoms with Crippen LogP contribution in [-0.4, -0.2) is 34.8 Å². The summed E-state index contributed by atoms with van der Waals surface area (Å²) < 4.78 is 0. The second-order valence-corrected chi connectivity index (χ2v) is 8.46. The Balaban J connectivity index is 1.28. The number of unbranched alkanes of at least 4 members (excludes halogenated alkanes) is 1. The summed E-state index contributed by atoms with van der Waals surface area (Å²) in [6, 6.07) is 18.0. The van der Waals surface area contributed by atoms with E-state index in [4.69, 9.17) is 0 Å². The summed E-state index contributed by atoms with van der Waals surface area (Å²) in [5, 5.41) is 11.1. The first-order chi connectivity index (χ1) is 16.4. The Bertz CT molecular complexity index is 1080. The maximum absolute atomic E-state index is 12.8. The van der Waals surface area contributed by atoms with Crippen molar-refractivity contribution in [2.45, 2.75) is 39.5 Å². The van der Waals surface area contributed by atoms with E-state index in [-0.39, 0.29) is 36.2 Å². The van der Waals surface area contributed by atoms with E-state index in [1.54, 1.807) is 62.4 Å². The van der Waals surface area contributed by atoms with Gasteiger partial charge < -0.3 is 0 Å². The molecule has 0 fully saturated rings. The average molecular weight is 459 g/mol. The summed E-state index contributed by atoms with van der Waals surface area (Å²) in [5.74, 6) is -2.89. The van der Waals surface area contributed by atoms with Crippen molar-refractivity contribution in [3.63, 3.8) is 0 Å². The second-order valence-electron chi connectivity index (χ2n) is 8.46. The van der Waals surface area contributed by atoms with Crippen molar-refractivity contribution in [1.29, 1.82) is 0 Å². The number of nitrogens with zero attached hydrogens (tertiary/aromatic N) is 4. The van der Waals surface area contributed by atoms with Gasteiger partial charge in [-0.2, -0.15) is 20.2 Å². The maximum atomic E-state index is 12.8. The SMILES string of the molecule is CC1=NN(c2ccccc2)C(=O)[C@H]1C(=O)CCCCC(=O)[C@@H]1C(=O)N(c2ccccc2)N=C1C. The molecule has 2 atom stereocenters. The van der Waals surface area contributed by atoms with Crippen molar-refractivity contribution in [1.82, 2.24) is 0 Å². The summed E-state index contributed by atoms with van der Waals surface area (Å²) in [4.78, 5) is 51.1. The van der Waals surface area contributed by atoms with Crippen LogP contribution in [0.4, 0.5) is 11.4 Å². The molecule has 2 aliphatic heterocycles. The lowest BCUT2D eigenvalue weighted by atomic mass is 9.92. The zero-order valence-electron chi connectivity index (χ0n) is 19.2. The molecule has 2 amide bonds. The predicted molar refractivity (Wildman–Crippen MR) is 130 cm³/mol. The molecule has 174 valence electrons. The minimum atomic E-state index is -0.888. The first-order valence-electron chi connectivity index (χ1n) is 11.3. The first kappa shape index (κ1) is 23.2. The molecular formula is C26H26N4O4. The molecule has 2 aromatic rings.